The number of amides is 1. The molecule has 0 saturated carbocycles. The second-order valence-electron chi connectivity index (χ2n) is 9.22. The van der Waals surface area contributed by atoms with E-state index in [0.717, 1.165) is 47.4 Å². The van der Waals surface area contributed by atoms with Crippen molar-refractivity contribution in [2.24, 2.45) is 0 Å². The van der Waals surface area contributed by atoms with Crippen molar-refractivity contribution in [3.8, 4) is 17.1 Å². The Balaban J connectivity index is 1.29. The Morgan fingerprint density at radius 2 is 1.85 bits per heavy atom. The topological polar surface area (TPSA) is 120 Å². The fourth-order valence-electron chi connectivity index (χ4n) is 4.59. The van der Waals surface area contributed by atoms with Gasteiger partial charge in [0.15, 0.2) is 6.10 Å². The molecule has 1 aliphatic carbocycles. The van der Waals surface area contributed by atoms with E-state index in [4.69, 9.17) is 14.2 Å². The van der Waals surface area contributed by atoms with Gasteiger partial charge in [-0.1, -0.05) is 0 Å². The van der Waals surface area contributed by atoms with Crippen LogP contribution in [-0.2, 0) is 27.1 Å². The number of nitrogens with one attached hydrogen (secondary N) is 2. The summed E-state index contributed by atoms with van der Waals surface area (Å²) in [6, 6.07) is 12.5. The molecule has 2 heterocycles. The first-order valence-corrected chi connectivity index (χ1v) is 13.7. The highest BCUT2D eigenvalue weighted by atomic mass is 32.1. The van der Waals surface area contributed by atoms with Crippen LogP contribution in [0.2, 0.25) is 0 Å². The summed E-state index contributed by atoms with van der Waals surface area (Å²) >= 11 is 1.39. The Morgan fingerprint density at radius 3 is 2.59 bits per heavy atom. The zero-order valence-corrected chi connectivity index (χ0v) is 22.8. The summed E-state index contributed by atoms with van der Waals surface area (Å²) in [5, 5.41) is 3.24. The van der Waals surface area contributed by atoms with Crippen molar-refractivity contribution in [1.82, 2.24) is 9.97 Å². The van der Waals surface area contributed by atoms with Crippen molar-refractivity contribution in [3.63, 3.8) is 0 Å². The molecule has 2 N–H and O–H groups in total. The number of esters is 2. The Labute approximate surface area is 229 Å². The zero-order valence-electron chi connectivity index (χ0n) is 22.0. The number of rotatable bonds is 8. The molecule has 2 aromatic heterocycles. The number of nitrogens with zero attached hydrogens (tertiary/aromatic N) is 1. The number of aromatic amines is 1. The molecule has 202 valence electrons. The maximum atomic E-state index is 13.0. The van der Waals surface area contributed by atoms with E-state index < -0.39 is 23.9 Å². The first kappa shape index (κ1) is 26.4. The van der Waals surface area contributed by atoms with E-state index >= 15 is 0 Å². The third-order valence-electron chi connectivity index (χ3n) is 6.62. The van der Waals surface area contributed by atoms with Crippen LogP contribution < -0.4 is 10.1 Å². The minimum Gasteiger partial charge on any atom is -0.497 e. The van der Waals surface area contributed by atoms with Crippen LogP contribution in [0.25, 0.3) is 22.4 Å². The van der Waals surface area contributed by atoms with Gasteiger partial charge in [0.2, 0.25) is 0 Å². The van der Waals surface area contributed by atoms with Crippen molar-refractivity contribution in [3.05, 3.63) is 64.0 Å². The van der Waals surface area contributed by atoms with E-state index in [1.54, 1.807) is 32.2 Å². The second-order valence-corrected chi connectivity index (χ2v) is 10.3. The summed E-state index contributed by atoms with van der Waals surface area (Å²) < 4.78 is 15.9. The van der Waals surface area contributed by atoms with Gasteiger partial charge in [0, 0.05) is 10.4 Å². The fourth-order valence-corrected chi connectivity index (χ4v) is 5.87. The number of hydrogen-bond donors (Lipinski definition) is 2. The second kappa shape index (κ2) is 11.3. The molecule has 1 atom stereocenters. The zero-order chi connectivity index (χ0) is 27.5. The fraction of sp³-hybridized carbons (Fsp3) is 0.310. The number of carbonyl (C=O) groups is 3. The quantitative estimate of drug-likeness (QED) is 0.278. The van der Waals surface area contributed by atoms with Gasteiger partial charge in [-0.25, -0.2) is 14.6 Å². The lowest BCUT2D eigenvalue weighted by Gasteiger charge is -2.14. The maximum absolute atomic E-state index is 13.0. The number of aryl methyl sites for hydroxylation is 1. The van der Waals surface area contributed by atoms with Gasteiger partial charge in [-0.3, -0.25) is 4.79 Å². The van der Waals surface area contributed by atoms with Crippen LogP contribution in [-0.4, -0.2) is 47.6 Å². The molecule has 0 saturated heterocycles. The van der Waals surface area contributed by atoms with Crippen molar-refractivity contribution in [2.45, 2.75) is 45.6 Å². The van der Waals surface area contributed by atoms with E-state index in [-0.39, 0.29) is 12.2 Å². The smallest absolute Gasteiger partial charge is 0.341 e. The lowest BCUT2D eigenvalue weighted by atomic mass is 9.95. The van der Waals surface area contributed by atoms with Crippen LogP contribution in [0.15, 0.2) is 42.5 Å². The molecule has 0 radical (unpaired) electrons. The molecule has 1 aliphatic rings. The minimum atomic E-state index is -1.08. The molecule has 5 rings (SSSR count). The van der Waals surface area contributed by atoms with E-state index in [1.165, 1.54) is 18.3 Å². The number of benzene rings is 2. The molecular formula is C29H29N3O6S. The number of ether oxygens (including phenoxy) is 3. The van der Waals surface area contributed by atoms with Gasteiger partial charge in [0.1, 0.15) is 16.6 Å². The summed E-state index contributed by atoms with van der Waals surface area (Å²) in [5.74, 6) is -0.206. The summed E-state index contributed by atoms with van der Waals surface area (Å²) in [6.07, 6.45) is 2.58. The molecular weight excluding hydrogens is 518 g/mol. The van der Waals surface area contributed by atoms with Crippen LogP contribution in [0.4, 0.5) is 5.00 Å². The summed E-state index contributed by atoms with van der Waals surface area (Å²) in [6.45, 7) is 3.49. The van der Waals surface area contributed by atoms with Gasteiger partial charge in [0.05, 0.1) is 35.9 Å². The normalized spacial score (nSPS) is 13.4. The number of imidazole rings is 1. The van der Waals surface area contributed by atoms with Gasteiger partial charge in [-0.05, 0) is 87.6 Å². The van der Waals surface area contributed by atoms with Crippen molar-refractivity contribution >= 4 is 45.2 Å². The first-order valence-electron chi connectivity index (χ1n) is 12.9. The number of methoxy groups -OCH3 is 1. The van der Waals surface area contributed by atoms with Crippen LogP contribution in [0, 0.1) is 0 Å². The molecule has 1 unspecified atom stereocenters. The van der Waals surface area contributed by atoms with Gasteiger partial charge in [-0.2, -0.15) is 0 Å². The SMILES string of the molecule is CCOC(=O)c1c(NC(=O)C(C)OC(=O)c2ccc3nc(-c4ccc(OC)cc4)[nH]c3c2)sc2c1CCCC2. The highest BCUT2D eigenvalue weighted by Crippen LogP contribution is 2.38. The van der Waals surface area contributed by atoms with Gasteiger partial charge in [0.25, 0.3) is 5.91 Å². The first-order chi connectivity index (χ1) is 18.9. The number of anilines is 1. The molecule has 0 bridgehead atoms. The lowest BCUT2D eigenvalue weighted by Crippen LogP contribution is -2.30. The molecule has 9 nitrogen and oxygen atoms in total. The van der Waals surface area contributed by atoms with Gasteiger partial charge >= 0.3 is 11.9 Å². The van der Waals surface area contributed by atoms with Crippen molar-refractivity contribution in [1.29, 1.82) is 0 Å². The summed E-state index contributed by atoms with van der Waals surface area (Å²) in [7, 11) is 1.61. The third-order valence-corrected chi connectivity index (χ3v) is 7.83. The minimum absolute atomic E-state index is 0.243. The average Bonchev–Trinajstić information content (AvgIpc) is 3.54. The Morgan fingerprint density at radius 1 is 1.08 bits per heavy atom. The third kappa shape index (κ3) is 5.51. The monoisotopic (exact) mass is 547 g/mol. The number of carbonyl (C=O) groups excluding carboxylic acids is 3. The Hall–Kier alpha value is -4.18. The van der Waals surface area contributed by atoms with Crippen LogP contribution in [0.5, 0.6) is 5.75 Å². The molecule has 0 aliphatic heterocycles. The molecule has 1 amide bonds. The summed E-state index contributed by atoms with van der Waals surface area (Å²) in [4.78, 5) is 47.5. The maximum Gasteiger partial charge on any atom is 0.341 e. The van der Waals surface area contributed by atoms with E-state index in [1.807, 2.05) is 24.3 Å². The number of fused-ring (bicyclic) bond motifs is 2. The van der Waals surface area contributed by atoms with Gasteiger partial charge in [-0.15, -0.1) is 11.3 Å². The van der Waals surface area contributed by atoms with Crippen molar-refractivity contribution in [2.75, 3.05) is 19.0 Å². The Kier molecular flexibility index (Phi) is 7.65. The van der Waals surface area contributed by atoms with E-state index in [0.29, 0.717) is 27.4 Å². The van der Waals surface area contributed by atoms with E-state index in [9.17, 15) is 14.4 Å². The van der Waals surface area contributed by atoms with E-state index in [2.05, 4.69) is 15.3 Å². The summed E-state index contributed by atoms with van der Waals surface area (Å²) in [5.41, 5.74) is 3.88. The van der Waals surface area contributed by atoms with Crippen LogP contribution >= 0.6 is 11.3 Å². The highest BCUT2D eigenvalue weighted by molar-refractivity contribution is 7.17. The largest absolute Gasteiger partial charge is 0.497 e. The molecule has 2 aromatic carbocycles. The van der Waals surface area contributed by atoms with Gasteiger partial charge < -0.3 is 24.5 Å². The lowest BCUT2D eigenvalue weighted by molar-refractivity contribution is -0.123. The van der Waals surface area contributed by atoms with Crippen molar-refractivity contribution < 1.29 is 28.6 Å². The molecule has 0 fully saturated rings. The highest BCUT2D eigenvalue weighted by Gasteiger charge is 2.29. The molecule has 0 spiro atoms. The molecule has 10 heteroatoms. The standard InChI is InChI=1S/C29H29N3O6S/c1-4-37-29(35)24-20-7-5-6-8-23(20)39-27(24)32-26(33)16(2)38-28(34)18-11-14-21-22(15-18)31-25(30-21)17-9-12-19(36-3)13-10-17/h9-16H,4-8H2,1-3H3,(H,30,31)(H,32,33). The number of aromatic nitrogens is 2. The number of hydrogen-bond acceptors (Lipinski definition) is 8. The molecule has 4 aromatic rings. The van der Waals surface area contributed by atoms with Crippen LogP contribution in [0.1, 0.15) is 57.8 Å². The number of thiophene rings is 1. The predicted octanol–water partition coefficient (Wildman–Crippen LogP) is 5.54. The average molecular weight is 548 g/mol. The predicted molar refractivity (Wildman–Crippen MR) is 149 cm³/mol. The Bertz CT molecular complexity index is 1540. The van der Waals surface area contributed by atoms with Crippen LogP contribution in [0.3, 0.4) is 0 Å². The molecule has 39 heavy (non-hydrogen) atoms. The number of H-pyrrole nitrogens is 1.